The summed E-state index contributed by atoms with van der Waals surface area (Å²) in [5.41, 5.74) is 6.27. The SMILES string of the molecule is NCC(Cn1ncn(-c2ccnc(-c3ccc4c(c3)OCO4)c2)c1=O)=C(F)F.O=C(O)C(F)(F)F. The van der Waals surface area contributed by atoms with Crippen molar-refractivity contribution < 1.29 is 41.3 Å². The third-order valence-corrected chi connectivity index (χ3v) is 4.52. The molecule has 186 valence electrons. The number of nitrogens with zero attached hydrogens (tertiary/aromatic N) is 4. The number of carbonyl (C=O) groups is 1. The molecular formula is C20H16F5N5O5. The van der Waals surface area contributed by atoms with E-state index in [1.165, 1.54) is 10.9 Å². The normalized spacial score (nSPS) is 12.1. The molecule has 0 saturated heterocycles. The van der Waals surface area contributed by atoms with E-state index in [1.54, 1.807) is 30.5 Å². The van der Waals surface area contributed by atoms with Crippen LogP contribution < -0.4 is 20.9 Å². The first-order valence-corrected chi connectivity index (χ1v) is 9.55. The standard InChI is InChI=1S/C18H15F2N5O3.C2HF3O2/c19-17(20)12(7-21)8-25-18(26)24(9-23-25)13-3-4-22-14(6-13)11-1-2-15-16(5-11)28-10-27-15;3-2(4,5)1(6)7/h1-6,9H,7-8,10,21H2;(H,6,7). The van der Waals surface area contributed by atoms with Crippen LogP contribution in [0.3, 0.4) is 0 Å². The molecule has 2 aromatic heterocycles. The van der Waals surface area contributed by atoms with Gasteiger partial charge in [0.05, 0.1) is 17.9 Å². The number of ether oxygens (including phenoxy) is 2. The van der Waals surface area contributed by atoms with Crippen molar-refractivity contribution in [3.63, 3.8) is 0 Å². The fourth-order valence-corrected chi connectivity index (χ4v) is 2.79. The predicted molar refractivity (Wildman–Crippen MR) is 109 cm³/mol. The van der Waals surface area contributed by atoms with Crippen molar-refractivity contribution in [2.24, 2.45) is 5.73 Å². The van der Waals surface area contributed by atoms with Gasteiger partial charge < -0.3 is 20.3 Å². The quantitative estimate of drug-likeness (QED) is 0.510. The van der Waals surface area contributed by atoms with E-state index in [2.05, 4.69) is 10.1 Å². The van der Waals surface area contributed by atoms with Gasteiger partial charge in [0.1, 0.15) is 6.33 Å². The summed E-state index contributed by atoms with van der Waals surface area (Å²) >= 11 is 0. The van der Waals surface area contributed by atoms with E-state index in [4.69, 9.17) is 25.1 Å². The van der Waals surface area contributed by atoms with Gasteiger partial charge in [0, 0.05) is 23.9 Å². The Bertz CT molecular complexity index is 1310. The number of alkyl halides is 3. The van der Waals surface area contributed by atoms with Gasteiger partial charge >= 0.3 is 17.8 Å². The highest BCUT2D eigenvalue weighted by atomic mass is 19.4. The highest BCUT2D eigenvalue weighted by Crippen LogP contribution is 2.35. The first kappa shape index (κ1) is 25.4. The van der Waals surface area contributed by atoms with Crippen LogP contribution in [-0.2, 0) is 11.3 Å². The van der Waals surface area contributed by atoms with Crippen molar-refractivity contribution in [3.8, 4) is 28.4 Å². The van der Waals surface area contributed by atoms with Crippen molar-refractivity contribution in [1.29, 1.82) is 0 Å². The average Bonchev–Trinajstić information content (AvgIpc) is 3.43. The third-order valence-electron chi connectivity index (χ3n) is 4.52. The number of rotatable bonds is 5. The third kappa shape index (κ3) is 6.00. The van der Waals surface area contributed by atoms with Gasteiger partial charge in [0.2, 0.25) is 6.79 Å². The number of benzene rings is 1. The van der Waals surface area contributed by atoms with E-state index in [9.17, 15) is 26.7 Å². The molecule has 1 aliphatic heterocycles. The topological polar surface area (TPSA) is 134 Å². The van der Waals surface area contributed by atoms with Crippen LogP contribution >= 0.6 is 0 Å². The Morgan fingerprint density at radius 1 is 1.14 bits per heavy atom. The molecular weight excluding hydrogens is 485 g/mol. The van der Waals surface area contributed by atoms with E-state index in [0.29, 0.717) is 22.9 Å². The Hall–Kier alpha value is -4.27. The monoisotopic (exact) mass is 501 g/mol. The van der Waals surface area contributed by atoms with Crippen LogP contribution in [0.15, 0.2) is 59.3 Å². The van der Waals surface area contributed by atoms with E-state index < -0.39 is 23.9 Å². The van der Waals surface area contributed by atoms with Crippen LogP contribution in [0.5, 0.6) is 11.5 Å². The summed E-state index contributed by atoms with van der Waals surface area (Å²) in [6.07, 6.45) is -4.17. The number of carboxylic acids is 1. The minimum Gasteiger partial charge on any atom is -0.475 e. The summed E-state index contributed by atoms with van der Waals surface area (Å²) in [5.74, 6) is -1.49. The molecule has 0 saturated carbocycles. The highest BCUT2D eigenvalue weighted by Gasteiger charge is 2.38. The number of hydrogen-bond acceptors (Lipinski definition) is 7. The number of halogens is 5. The van der Waals surface area contributed by atoms with Gasteiger partial charge in [-0.05, 0) is 30.3 Å². The van der Waals surface area contributed by atoms with Crippen LogP contribution in [-0.4, -0.2) is 49.9 Å². The van der Waals surface area contributed by atoms with Crippen molar-refractivity contribution in [2.75, 3.05) is 13.3 Å². The summed E-state index contributed by atoms with van der Waals surface area (Å²) in [6.45, 7) is -0.560. The smallest absolute Gasteiger partial charge is 0.475 e. The molecule has 0 fully saturated rings. The van der Waals surface area contributed by atoms with Gasteiger partial charge in [-0.1, -0.05) is 0 Å². The van der Waals surface area contributed by atoms with Gasteiger partial charge in [-0.15, -0.1) is 0 Å². The zero-order chi connectivity index (χ0) is 25.8. The molecule has 0 atom stereocenters. The fraction of sp³-hybridized carbons (Fsp3) is 0.200. The minimum absolute atomic E-state index is 0.166. The number of nitrogens with two attached hydrogens (primary N) is 1. The summed E-state index contributed by atoms with van der Waals surface area (Å²) in [5, 5.41) is 11.0. The lowest BCUT2D eigenvalue weighted by Crippen LogP contribution is -2.26. The molecule has 10 nitrogen and oxygen atoms in total. The van der Waals surface area contributed by atoms with E-state index in [-0.39, 0.29) is 25.5 Å². The molecule has 15 heteroatoms. The molecule has 1 aliphatic rings. The van der Waals surface area contributed by atoms with Gasteiger partial charge in [-0.3, -0.25) is 4.98 Å². The lowest BCUT2D eigenvalue weighted by atomic mass is 10.1. The number of fused-ring (bicyclic) bond motifs is 1. The second kappa shape index (κ2) is 10.3. The van der Waals surface area contributed by atoms with Crippen LogP contribution in [0, 0.1) is 0 Å². The van der Waals surface area contributed by atoms with Gasteiger partial charge in [0.15, 0.2) is 11.5 Å². The Kier molecular flexibility index (Phi) is 7.49. The maximum Gasteiger partial charge on any atom is 0.490 e. The van der Waals surface area contributed by atoms with E-state index >= 15 is 0 Å². The first-order chi connectivity index (χ1) is 16.5. The Morgan fingerprint density at radius 2 is 1.83 bits per heavy atom. The molecule has 1 aromatic carbocycles. The van der Waals surface area contributed by atoms with Gasteiger partial charge in [0.25, 0.3) is 6.08 Å². The number of aliphatic carboxylic acids is 1. The van der Waals surface area contributed by atoms with Crippen molar-refractivity contribution >= 4 is 5.97 Å². The van der Waals surface area contributed by atoms with Crippen molar-refractivity contribution in [2.45, 2.75) is 12.7 Å². The molecule has 35 heavy (non-hydrogen) atoms. The second-order valence-corrected chi connectivity index (χ2v) is 6.78. The highest BCUT2D eigenvalue weighted by molar-refractivity contribution is 5.73. The molecule has 0 amide bonds. The van der Waals surface area contributed by atoms with E-state index in [1.807, 2.05) is 6.07 Å². The Morgan fingerprint density at radius 3 is 2.46 bits per heavy atom. The summed E-state index contributed by atoms with van der Waals surface area (Å²) < 4.78 is 70.2. The minimum atomic E-state index is -5.08. The Labute approximate surface area is 192 Å². The van der Waals surface area contributed by atoms with Crippen LogP contribution in [0.2, 0.25) is 0 Å². The van der Waals surface area contributed by atoms with Crippen LogP contribution in [0.4, 0.5) is 22.0 Å². The maximum absolute atomic E-state index is 12.8. The van der Waals surface area contributed by atoms with Crippen molar-refractivity contribution in [3.05, 3.63) is 65.0 Å². The zero-order valence-electron chi connectivity index (χ0n) is 17.5. The zero-order valence-corrected chi connectivity index (χ0v) is 17.5. The lowest BCUT2D eigenvalue weighted by molar-refractivity contribution is -0.192. The maximum atomic E-state index is 12.8. The van der Waals surface area contributed by atoms with E-state index in [0.717, 1.165) is 10.2 Å². The largest absolute Gasteiger partial charge is 0.490 e. The first-order valence-electron chi connectivity index (χ1n) is 9.55. The molecule has 0 bridgehead atoms. The fourth-order valence-electron chi connectivity index (χ4n) is 2.79. The summed E-state index contributed by atoms with van der Waals surface area (Å²) in [6, 6.07) is 8.72. The predicted octanol–water partition coefficient (Wildman–Crippen LogP) is 2.57. The summed E-state index contributed by atoms with van der Waals surface area (Å²) in [7, 11) is 0. The van der Waals surface area contributed by atoms with Crippen molar-refractivity contribution in [1.82, 2.24) is 19.3 Å². The molecule has 0 aliphatic carbocycles. The van der Waals surface area contributed by atoms with Crippen LogP contribution in [0.25, 0.3) is 16.9 Å². The molecule has 3 heterocycles. The van der Waals surface area contributed by atoms with Gasteiger partial charge in [-0.25, -0.2) is 18.8 Å². The second-order valence-electron chi connectivity index (χ2n) is 6.78. The molecule has 0 radical (unpaired) electrons. The number of hydrogen-bond donors (Lipinski definition) is 2. The van der Waals surface area contributed by atoms with Crippen LogP contribution in [0.1, 0.15) is 0 Å². The number of aromatic nitrogens is 4. The Balaban J connectivity index is 0.000000429. The molecule has 4 rings (SSSR count). The lowest BCUT2D eigenvalue weighted by Gasteiger charge is -2.06. The molecule has 3 N–H and O–H groups in total. The number of carboxylic acid groups (broad SMARTS) is 1. The molecule has 0 unspecified atom stereocenters. The summed E-state index contributed by atoms with van der Waals surface area (Å²) in [4.78, 5) is 25.8. The molecule has 0 spiro atoms. The average molecular weight is 501 g/mol. The number of pyridine rings is 1. The molecule has 3 aromatic rings. The van der Waals surface area contributed by atoms with Gasteiger partial charge in [-0.2, -0.15) is 27.1 Å².